The molecule has 0 heterocycles. The summed E-state index contributed by atoms with van der Waals surface area (Å²) in [4.78, 5) is 56.0. The van der Waals surface area contributed by atoms with Crippen LogP contribution in [0.4, 0.5) is 0 Å². The molecule has 0 aliphatic heterocycles. The molecule has 2 atom stereocenters. The highest BCUT2D eigenvalue weighted by Gasteiger charge is 2.28. The number of hydrogen-bond acceptors (Lipinski definition) is 10. The highest BCUT2D eigenvalue weighted by molar-refractivity contribution is 7.40. The molecule has 0 spiro atoms. The van der Waals surface area contributed by atoms with Crippen LogP contribution in [0.3, 0.4) is 0 Å². The summed E-state index contributed by atoms with van der Waals surface area (Å²) in [6.07, 6.45) is 0. The van der Waals surface area contributed by atoms with Gasteiger partial charge in [0.2, 0.25) is 11.5 Å². The maximum Gasteiger partial charge on any atom is 0.747 e. The van der Waals surface area contributed by atoms with Crippen molar-refractivity contribution in [3.8, 4) is 23.0 Å². The third-order valence-corrected chi connectivity index (χ3v) is 5.89. The first-order valence-electron chi connectivity index (χ1n) is 8.34. The van der Waals surface area contributed by atoms with Crippen LogP contribution in [0.5, 0.6) is 23.0 Å². The zero-order valence-corrected chi connectivity index (χ0v) is 19.0. The lowest BCUT2D eigenvalue weighted by atomic mass is 9.92. The Morgan fingerprint density at radius 1 is 0.594 bits per heavy atom. The van der Waals surface area contributed by atoms with Crippen LogP contribution in [0.25, 0.3) is 32.3 Å². The minimum Gasteiger partial charge on any atom is -0.426 e. The van der Waals surface area contributed by atoms with Crippen molar-refractivity contribution in [3.05, 3.63) is 36.4 Å². The first kappa shape index (κ1) is 23.1. The molecule has 6 N–H and O–H groups in total. The summed E-state index contributed by atoms with van der Waals surface area (Å²) in [6, 6.07) is 8.49. The normalized spacial score (nSPS) is 12.8. The third-order valence-electron chi connectivity index (χ3n) is 4.46. The van der Waals surface area contributed by atoms with E-state index in [4.69, 9.17) is 18.1 Å². The van der Waals surface area contributed by atoms with E-state index in [2.05, 4.69) is 0 Å². The highest BCUT2D eigenvalue weighted by Crippen LogP contribution is 2.51. The standard InChI is InChI=1S/C16H10O12P4/c17-29(18)25-11-5-13(27-31(21)22)9-3-4-10-14(28-32(23)24)6-12(26-30(19)20)8-2-1-7(11)15(9)16(8)10/h1-6,17-18,21-22H/p+2. The monoisotopic (exact) mass is 520 g/mol. The summed E-state index contributed by atoms with van der Waals surface area (Å²) in [7, 11) is -11.9. The second-order valence-electron chi connectivity index (χ2n) is 6.16. The molecule has 4 rings (SSSR count). The van der Waals surface area contributed by atoms with E-state index in [-0.39, 0.29) is 23.0 Å². The van der Waals surface area contributed by atoms with E-state index in [0.717, 1.165) is 0 Å². The quantitative estimate of drug-likeness (QED) is 0.146. The molecule has 0 fully saturated rings. The maximum absolute atomic E-state index is 11.3. The molecule has 4 aromatic carbocycles. The Morgan fingerprint density at radius 3 is 1.22 bits per heavy atom. The summed E-state index contributed by atoms with van der Waals surface area (Å²) < 4.78 is 42.8. The summed E-state index contributed by atoms with van der Waals surface area (Å²) in [6.45, 7) is 0. The van der Waals surface area contributed by atoms with Gasteiger partial charge in [-0.1, -0.05) is 0 Å². The fourth-order valence-corrected chi connectivity index (χ4v) is 4.80. The van der Waals surface area contributed by atoms with Crippen molar-refractivity contribution < 1.29 is 56.6 Å². The molecule has 0 saturated carbocycles. The van der Waals surface area contributed by atoms with E-state index < -0.39 is 33.7 Å². The van der Waals surface area contributed by atoms with Gasteiger partial charge in [0.15, 0.2) is 0 Å². The van der Waals surface area contributed by atoms with Crippen molar-refractivity contribution in [3.63, 3.8) is 0 Å². The molecule has 0 bridgehead atoms. The molecule has 12 nitrogen and oxygen atoms in total. The molecule has 4 aromatic rings. The van der Waals surface area contributed by atoms with Crippen molar-refractivity contribution in [2.24, 2.45) is 0 Å². The molecule has 0 radical (unpaired) electrons. The van der Waals surface area contributed by atoms with E-state index in [1.807, 2.05) is 0 Å². The van der Waals surface area contributed by atoms with Crippen LogP contribution in [-0.4, -0.2) is 29.4 Å². The molecular weight excluding hydrogens is 508 g/mol. The van der Waals surface area contributed by atoms with Crippen molar-refractivity contribution in [1.29, 1.82) is 0 Å². The van der Waals surface area contributed by atoms with Gasteiger partial charge in [0.25, 0.3) is 0 Å². The molecule has 166 valence electrons. The lowest BCUT2D eigenvalue weighted by Gasteiger charge is -2.18. The summed E-state index contributed by atoms with van der Waals surface area (Å²) in [5, 5.41) is 1.97. The van der Waals surface area contributed by atoms with Crippen molar-refractivity contribution >= 4 is 66.0 Å². The molecule has 0 aliphatic rings. The Balaban J connectivity index is 2.17. The molecular formula is C16H12O12P4+2. The van der Waals surface area contributed by atoms with Crippen LogP contribution in [-0.2, 0) is 9.13 Å². The van der Waals surface area contributed by atoms with Gasteiger partial charge in [0, 0.05) is 53.6 Å². The van der Waals surface area contributed by atoms with Gasteiger partial charge in [-0.15, -0.1) is 9.79 Å². The SMILES string of the molecule is O=[P+](O)Oc1cc(O[P+](=O)O)c2ccc3c(OP(O)O)cc(OP(O)O)c4ccc1c2c43. The Kier molecular flexibility index (Phi) is 6.54. The van der Waals surface area contributed by atoms with Gasteiger partial charge in [0.1, 0.15) is 11.5 Å². The Hall–Kier alpha value is -2.06. The average molecular weight is 520 g/mol. The number of rotatable bonds is 8. The molecule has 2 unspecified atom stereocenters. The Labute approximate surface area is 182 Å². The predicted octanol–water partition coefficient (Wildman–Crippen LogP) is 3.82. The van der Waals surface area contributed by atoms with Gasteiger partial charge in [0.05, 0.1) is 0 Å². The predicted molar refractivity (Wildman–Crippen MR) is 115 cm³/mol. The van der Waals surface area contributed by atoms with E-state index in [0.29, 0.717) is 32.3 Å². The van der Waals surface area contributed by atoms with Crippen LogP contribution >= 0.6 is 33.7 Å². The molecule has 0 saturated heterocycles. The van der Waals surface area contributed by atoms with E-state index in [1.54, 1.807) is 0 Å². The second kappa shape index (κ2) is 9.06. The zero-order chi connectivity index (χ0) is 23.2. The summed E-state index contributed by atoms with van der Waals surface area (Å²) in [5.41, 5.74) is 0. The lowest BCUT2D eigenvalue weighted by Crippen LogP contribution is -1.95. The Bertz CT molecular complexity index is 1260. The number of hydrogen-bond donors (Lipinski definition) is 6. The van der Waals surface area contributed by atoms with Gasteiger partial charge in [-0.25, -0.2) is 9.05 Å². The number of benzene rings is 4. The minimum atomic E-state index is -3.10. The van der Waals surface area contributed by atoms with E-state index in [9.17, 15) is 38.5 Å². The van der Waals surface area contributed by atoms with Gasteiger partial charge in [-0.05, 0) is 24.3 Å². The maximum atomic E-state index is 11.3. The van der Waals surface area contributed by atoms with E-state index >= 15 is 0 Å². The average Bonchev–Trinajstić information content (AvgIpc) is 2.68. The van der Waals surface area contributed by atoms with E-state index in [1.165, 1.54) is 36.4 Å². The fraction of sp³-hybridized carbons (Fsp3) is 0. The van der Waals surface area contributed by atoms with Crippen molar-refractivity contribution in [1.82, 2.24) is 0 Å². The fourth-order valence-electron chi connectivity index (χ4n) is 3.51. The second-order valence-corrected chi connectivity index (χ2v) is 8.86. The largest absolute Gasteiger partial charge is 0.747 e. The van der Waals surface area contributed by atoms with Gasteiger partial charge < -0.3 is 28.6 Å². The van der Waals surface area contributed by atoms with Crippen LogP contribution in [0.2, 0.25) is 0 Å². The zero-order valence-electron chi connectivity index (χ0n) is 15.4. The highest BCUT2D eigenvalue weighted by atomic mass is 31.2. The molecule has 16 heteroatoms. The van der Waals surface area contributed by atoms with Gasteiger partial charge in [-0.2, -0.15) is 0 Å². The molecule has 0 aromatic heterocycles. The molecule has 0 aliphatic carbocycles. The topological polar surface area (TPSA) is 192 Å². The Morgan fingerprint density at radius 2 is 0.906 bits per heavy atom. The minimum absolute atomic E-state index is 0.0647. The molecule has 32 heavy (non-hydrogen) atoms. The smallest absolute Gasteiger partial charge is 0.426 e. The van der Waals surface area contributed by atoms with Crippen molar-refractivity contribution in [2.75, 3.05) is 0 Å². The van der Waals surface area contributed by atoms with Crippen LogP contribution in [0.15, 0.2) is 36.4 Å². The summed E-state index contributed by atoms with van der Waals surface area (Å²) >= 11 is 0. The van der Waals surface area contributed by atoms with Crippen LogP contribution in [0.1, 0.15) is 0 Å². The van der Waals surface area contributed by atoms with Crippen molar-refractivity contribution in [2.45, 2.75) is 0 Å². The van der Waals surface area contributed by atoms with Crippen LogP contribution in [0, 0.1) is 0 Å². The summed E-state index contributed by atoms with van der Waals surface area (Å²) in [5.74, 6) is -0.390. The first-order chi connectivity index (χ1) is 15.2. The molecule has 0 amide bonds. The first-order valence-corrected chi connectivity index (χ1v) is 12.9. The third kappa shape index (κ3) is 4.39. The van der Waals surface area contributed by atoms with Gasteiger partial charge in [-0.3, -0.25) is 0 Å². The van der Waals surface area contributed by atoms with Crippen LogP contribution < -0.4 is 18.1 Å². The lowest BCUT2D eigenvalue weighted by molar-refractivity contribution is 0.371. The van der Waals surface area contributed by atoms with Gasteiger partial charge >= 0.3 is 33.7 Å².